The third kappa shape index (κ3) is 4.41. The third-order valence-corrected chi connectivity index (χ3v) is 5.63. The number of nitrogens with two attached hydrogens (primary N) is 1. The molecule has 3 N–H and O–H groups in total. The molecule has 21 heavy (non-hydrogen) atoms. The van der Waals surface area contributed by atoms with E-state index in [0.29, 0.717) is 12.5 Å². The van der Waals surface area contributed by atoms with Crippen LogP contribution in [0.3, 0.4) is 0 Å². The van der Waals surface area contributed by atoms with Crippen LogP contribution in [0.5, 0.6) is 0 Å². The van der Waals surface area contributed by atoms with Crippen LogP contribution in [-0.2, 0) is 10.0 Å². The molecule has 2 unspecified atom stereocenters. The van der Waals surface area contributed by atoms with Gasteiger partial charge in [-0.3, -0.25) is 0 Å². The zero-order valence-electron chi connectivity index (χ0n) is 12.3. The van der Waals surface area contributed by atoms with Gasteiger partial charge in [0.2, 0.25) is 10.0 Å². The maximum atomic E-state index is 13.1. The Labute approximate surface area is 126 Å². The number of benzene rings is 1. The van der Waals surface area contributed by atoms with Gasteiger partial charge in [-0.1, -0.05) is 26.2 Å². The highest BCUT2D eigenvalue weighted by Crippen LogP contribution is 2.30. The summed E-state index contributed by atoms with van der Waals surface area (Å²) in [5, 5.41) is 0. The Hall–Kier alpha value is -1.14. The second-order valence-electron chi connectivity index (χ2n) is 6.01. The van der Waals surface area contributed by atoms with E-state index in [0.717, 1.165) is 24.5 Å². The Kier molecular flexibility index (Phi) is 5.22. The summed E-state index contributed by atoms with van der Waals surface area (Å²) >= 11 is 0. The van der Waals surface area contributed by atoms with Crippen LogP contribution >= 0.6 is 0 Å². The van der Waals surface area contributed by atoms with Gasteiger partial charge in [-0.15, -0.1) is 0 Å². The Morgan fingerprint density at radius 2 is 2.14 bits per heavy atom. The van der Waals surface area contributed by atoms with Gasteiger partial charge >= 0.3 is 0 Å². The number of anilines is 1. The van der Waals surface area contributed by atoms with Crippen molar-refractivity contribution in [2.45, 2.75) is 43.9 Å². The summed E-state index contributed by atoms with van der Waals surface area (Å²) in [4.78, 5) is 0.0124. The van der Waals surface area contributed by atoms with Crippen LogP contribution in [0.25, 0.3) is 0 Å². The van der Waals surface area contributed by atoms with Gasteiger partial charge in [-0.2, -0.15) is 0 Å². The van der Waals surface area contributed by atoms with Crippen molar-refractivity contribution in [1.29, 1.82) is 0 Å². The number of hydrogen-bond donors (Lipinski definition) is 2. The molecular formula is C15H23FN2O2S. The van der Waals surface area contributed by atoms with Gasteiger partial charge in [0.25, 0.3) is 0 Å². The minimum absolute atomic E-state index is 0.0124. The van der Waals surface area contributed by atoms with Crippen molar-refractivity contribution in [3.8, 4) is 0 Å². The van der Waals surface area contributed by atoms with E-state index in [1.807, 2.05) is 0 Å². The molecule has 1 saturated carbocycles. The van der Waals surface area contributed by atoms with Crippen LogP contribution in [0.15, 0.2) is 23.1 Å². The number of rotatable bonds is 5. The molecule has 118 valence electrons. The number of hydrogen-bond acceptors (Lipinski definition) is 3. The summed E-state index contributed by atoms with van der Waals surface area (Å²) in [7, 11) is -3.61. The van der Waals surface area contributed by atoms with Crippen LogP contribution < -0.4 is 10.5 Å². The fourth-order valence-electron chi connectivity index (χ4n) is 2.99. The van der Waals surface area contributed by atoms with Crippen molar-refractivity contribution in [2.24, 2.45) is 11.8 Å². The van der Waals surface area contributed by atoms with Gasteiger partial charge < -0.3 is 5.73 Å². The highest BCUT2D eigenvalue weighted by atomic mass is 32.2. The van der Waals surface area contributed by atoms with Crippen molar-refractivity contribution < 1.29 is 12.8 Å². The summed E-state index contributed by atoms with van der Waals surface area (Å²) in [6.45, 7) is 2.66. The van der Waals surface area contributed by atoms with Crippen LogP contribution in [0, 0.1) is 17.7 Å². The fraction of sp³-hybridized carbons (Fsp3) is 0.600. The van der Waals surface area contributed by atoms with Crippen molar-refractivity contribution in [1.82, 2.24) is 4.72 Å². The summed E-state index contributed by atoms with van der Waals surface area (Å²) in [6.07, 6.45) is 5.70. The molecule has 1 aromatic carbocycles. The smallest absolute Gasteiger partial charge is 0.240 e. The van der Waals surface area contributed by atoms with E-state index in [9.17, 15) is 12.8 Å². The lowest BCUT2D eigenvalue weighted by Crippen LogP contribution is -2.27. The van der Waals surface area contributed by atoms with Crippen LogP contribution in [0.4, 0.5) is 10.1 Å². The molecule has 2 rings (SSSR count). The van der Waals surface area contributed by atoms with Crippen molar-refractivity contribution in [3.05, 3.63) is 24.0 Å². The molecule has 0 bridgehead atoms. The summed E-state index contributed by atoms with van der Waals surface area (Å²) in [6, 6.07) is 3.46. The molecule has 0 radical (unpaired) electrons. The van der Waals surface area contributed by atoms with Gasteiger partial charge in [0.1, 0.15) is 5.82 Å². The predicted octanol–water partition coefficient (Wildman–Crippen LogP) is 2.90. The number of nitrogens with one attached hydrogen (secondary N) is 1. The zero-order valence-corrected chi connectivity index (χ0v) is 13.1. The van der Waals surface area contributed by atoms with Crippen molar-refractivity contribution in [3.63, 3.8) is 0 Å². The lowest BCUT2D eigenvalue weighted by Gasteiger charge is -2.26. The van der Waals surface area contributed by atoms with Crippen molar-refractivity contribution in [2.75, 3.05) is 12.3 Å². The molecular weight excluding hydrogens is 291 g/mol. The largest absolute Gasteiger partial charge is 0.396 e. The third-order valence-electron chi connectivity index (χ3n) is 4.17. The minimum atomic E-state index is -3.61. The van der Waals surface area contributed by atoms with Gasteiger partial charge in [0, 0.05) is 6.54 Å². The van der Waals surface area contributed by atoms with Crippen LogP contribution in [0.1, 0.15) is 39.0 Å². The second-order valence-corrected chi connectivity index (χ2v) is 7.77. The summed E-state index contributed by atoms with van der Waals surface area (Å²) in [5.41, 5.74) is 5.26. The molecule has 6 heteroatoms. The Morgan fingerprint density at radius 1 is 1.38 bits per heavy atom. The van der Waals surface area contributed by atoms with Gasteiger partial charge in [-0.25, -0.2) is 17.5 Å². The minimum Gasteiger partial charge on any atom is -0.396 e. The van der Waals surface area contributed by atoms with Gasteiger partial charge in [0.05, 0.1) is 10.6 Å². The van der Waals surface area contributed by atoms with E-state index in [2.05, 4.69) is 11.6 Å². The summed E-state index contributed by atoms with van der Waals surface area (Å²) < 4.78 is 39.9. The Bertz CT molecular complexity index is 589. The first-order valence-electron chi connectivity index (χ1n) is 7.43. The molecule has 0 amide bonds. The van der Waals surface area contributed by atoms with Gasteiger partial charge in [0.15, 0.2) is 0 Å². The van der Waals surface area contributed by atoms with Crippen molar-refractivity contribution >= 4 is 15.7 Å². The highest BCUT2D eigenvalue weighted by molar-refractivity contribution is 7.89. The summed E-state index contributed by atoms with van der Waals surface area (Å²) in [5.74, 6) is 0.720. The van der Waals surface area contributed by atoms with Gasteiger partial charge in [-0.05, 0) is 42.9 Å². The standard InChI is InChI=1S/C15H23FN2O2S/c1-11-3-2-4-12(9-11)7-8-18-21(19,20)13-5-6-14(16)15(17)10-13/h5-6,10-12,18H,2-4,7-9,17H2,1H3. The molecule has 0 aliphatic heterocycles. The van der Waals surface area contributed by atoms with E-state index in [1.54, 1.807) is 0 Å². The molecule has 1 aliphatic rings. The number of nitrogen functional groups attached to an aromatic ring is 1. The monoisotopic (exact) mass is 314 g/mol. The van der Waals surface area contributed by atoms with E-state index in [1.165, 1.54) is 31.7 Å². The first-order valence-corrected chi connectivity index (χ1v) is 8.91. The van der Waals surface area contributed by atoms with Crippen LogP contribution in [0.2, 0.25) is 0 Å². The molecule has 0 heterocycles. The Morgan fingerprint density at radius 3 is 2.81 bits per heavy atom. The lowest BCUT2D eigenvalue weighted by molar-refractivity contribution is 0.271. The van der Waals surface area contributed by atoms with E-state index >= 15 is 0 Å². The Balaban J connectivity index is 1.90. The number of sulfonamides is 1. The topological polar surface area (TPSA) is 72.2 Å². The average molecular weight is 314 g/mol. The second kappa shape index (κ2) is 6.75. The fourth-order valence-corrected chi connectivity index (χ4v) is 4.07. The predicted molar refractivity (Wildman–Crippen MR) is 81.7 cm³/mol. The maximum absolute atomic E-state index is 13.1. The average Bonchev–Trinajstić information content (AvgIpc) is 2.41. The number of halogens is 1. The van der Waals surface area contributed by atoms with E-state index < -0.39 is 15.8 Å². The molecule has 4 nitrogen and oxygen atoms in total. The quantitative estimate of drug-likeness (QED) is 0.821. The molecule has 0 spiro atoms. The molecule has 1 aliphatic carbocycles. The molecule has 0 saturated heterocycles. The molecule has 0 aromatic heterocycles. The highest BCUT2D eigenvalue weighted by Gasteiger charge is 2.20. The first-order chi connectivity index (χ1) is 9.88. The molecule has 1 aromatic rings. The van der Waals surface area contributed by atoms with Crippen LogP contribution in [-0.4, -0.2) is 15.0 Å². The zero-order chi connectivity index (χ0) is 15.5. The van der Waals surface area contributed by atoms with E-state index in [4.69, 9.17) is 5.73 Å². The SMILES string of the molecule is CC1CCCC(CCNS(=O)(=O)c2ccc(F)c(N)c2)C1. The lowest BCUT2D eigenvalue weighted by atomic mass is 9.81. The first kappa shape index (κ1) is 16.2. The molecule has 2 atom stereocenters. The maximum Gasteiger partial charge on any atom is 0.240 e. The molecule has 1 fully saturated rings. The normalized spacial score (nSPS) is 23.1. The van der Waals surface area contributed by atoms with E-state index in [-0.39, 0.29) is 10.6 Å².